The van der Waals surface area contributed by atoms with Gasteiger partial charge in [0.1, 0.15) is 0 Å². The molecule has 0 amide bonds. The third-order valence-corrected chi connectivity index (χ3v) is 4.19. The van der Waals surface area contributed by atoms with Gasteiger partial charge in [0.25, 0.3) is 0 Å². The summed E-state index contributed by atoms with van der Waals surface area (Å²) in [5.74, 6) is 1.79. The number of allylic oxidation sites excluding steroid dienone is 1. The van der Waals surface area contributed by atoms with Gasteiger partial charge in [-0.1, -0.05) is 25.5 Å². The van der Waals surface area contributed by atoms with E-state index in [1.165, 1.54) is 32.1 Å². The largest absolute Gasteiger partial charge is 0.310 e. The minimum absolute atomic E-state index is 0.784. The summed E-state index contributed by atoms with van der Waals surface area (Å²) in [7, 11) is 0. The Morgan fingerprint density at radius 1 is 1.36 bits per heavy atom. The van der Waals surface area contributed by atoms with E-state index in [9.17, 15) is 0 Å². The summed E-state index contributed by atoms with van der Waals surface area (Å²) < 4.78 is 0. The lowest BCUT2D eigenvalue weighted by Gasteiger charge is -2.20. The molecule has 1 N–H and O–H groups in total. The number of nitrogens with one attached hydrogen (secondary N) is 1. The molecule has 2 aliphatic carbocycles. The van der Waals surface area contributed by atoms with Gasteiger partial charge in [0.2, 0.25) is 0 Å². The molecule has 3 unspecified atom stereocenters. The number of hydrogen-bond donors (Lipinski definition) is 1. The van der Waals surface area contributed by atoms with Crippen LogP contribution in [0.2, 0.25) is 0 Å². The highest BCUT2D eigenvalue weighted by molar-refractivity contribution is 5.09. The Bertz CT molecular complexity index is 219. The molecule has 0 spiro atoms. The summed E-state index contributed by atoms with van der Waals surface area (Å²) in [5, 5.41) is 3.74. The van der Waals surface area contributed by atoms with E-state index in [-0.39, 0.29) is 0 Å². The first kappa shape index (κ1) is 10.2. The summed E-state index contributed by atoms with van der Waals surface area (Å²) in [4.78, 5) is 0. The normalized spacial score (nSPS) is 37.6. The molecule has 0 aromatic heterocycles. The van der Waals surface area contributed by atoms with Gasteiger partial charge in [0.15, 0.2) is 0 Å². The van der Waals surface area contributed by atoms with Gasteiger partial charge in [-0.2, -0.15) is 0 Å². The van der Waals surface area contributed by atoms with Crippen molar-refractivity contribution in [1.82, 2.24) is 5.32 Å². The van der Waals surface area contributed by atoms with Crippen molar-refractivity contribution in [1.29, 1.82) is 0 Å². The topological polar surface area (TPSA) is 12.0 Å². The van der Waals surface area contributed by atoms with Crippen molar-refractivity contribution in [2.24, 2.45) is 11.8 Å². The van der Waals surface area contributed by atoms with Crippen LogP contribution in [0.5, 0.6) is 0 Å². The van der Waals surface area contributed by atoms with E-state index in [1.54, 1.807) is 5.57 Å². The second kappa shape index (κ2) is 4.48. The zero-order chi connectivity index (χ0) is 9.97. The molecule has 14 heavy (non-hydrogen) atoms. The van der Waals surface area contributed by atoms with Gasteiger partial charge in [-0.15, -0.1) is 0 Å². The van der Waals surface area contributed by atoms with Crippen molar-refractivity contribution in [2.75, 3.05) is 6.54 Å². The Labute approximate surface area is 88.0 Å². The quantitative estimate of drug-likeness (QED) is 0.679. The first-order chi connectivity index (χ1) is 6.77. The molecule has 0 aliphatic heterocycles. The molecule has 0 bridgehead atoms. The molecule has 0 aromatic rings. The van der Waals surface area contributed by atoms with E-state index < -0.39 is 0 Å². The lowest BCUT2D eigenvalue weighted by atomic mass is 9.97. The van der Waals surface area contributed by atoms with E-state index >= 15 is 0 Å². The maximum atomic E-state index is 3.74. The van der Waals surface area contributed by atoms with Crippen molar-refractivity contribution in [3.05, 3.63) is 11.6 Å². The van der Waals surface area contributed by atoms with Crippen molar-refractivity contribution < 1.29 is 0 Å². The minimum atomic E-state index is 0.784. The van der Waals surface area contributed by atoms with Crippen LogP contribution in [0.25, 0.3) is 0 Å². The highest BCUT2D eigenvalue weighted by atomic mass is 14.9. The molecule has 2 rings (SSSR count). The zero-order valence-corrected chi connectivity index (χ0v) is 9.55. The molecule has 0 saturated heterocycles. The zero-order valence-electron chi connectivity index (χ0n) is 9.55. The van der Waals surface area contributed by atoms with Gasteiger partial charge < -0.3 is 5.32 Å². The van der Waals surface area contributed by atoms with E-state index in [4.69, 9.17) is 0 Å². The summed E-state index contributed by atoms with van der Waals surface area (Å²) in [6.07, 6.45) is 9.26. The van der Waals surface area contributed by atoms with Crippen LogP contribution >= 0.6 is 0 Å². The maximum absolute atomic E-state index is 3.74. The second-order valence-electron chi connectivity index (χ2n) is 5.16. The van der Waals surface area contributed by atoms with Crippen LogP contribution in [-0.4, -0.2) is 12.6 Å². The number of rotatable bonds is 3. The Balaban J connectivity index is 1.75. The van der Waals surface area contributed by atoms with Crippen LogP contribution in [-0.2, 0) is 0 Å². The van der Waals surface area contributed by atoms with Gasteiger partial charge in [-0.05, 0) is 43.9 Å². The lowest BCUT2D eigenvalue weighted by Crippen LogP contribution is -2.33. The van der Waals surface area contributed by atoms with Crippen LogP contribution in [0.15, 0.2) is 11.6 Å². The molecular formula is C13H23N. The van der Waals surface area contributed by atoms with E-state index in [1.807, 2.05) is 0 Å². The van der Waals surface area contributed by atoms with Gasteiger partial charge in [0, 0.05) is 12.6 Å². The van der Waals surface area contributed by atoms with E-state index in [0.717, 1.165) is 24.4 Å². The van der Waals surface area contributed by atoms with E-state index in [0.29, 0.717) is 0 Å². The fraction of sp³-hybridized carbons (Fsp3) is 0.846. The number of hydrogen-bond acceptors (Lipinski definition) is 1. The van der Waals surface area contributed by atoms with Crippen LogP contribution in [0.1, 0.15) is 46.0 Å². The van der Waals surface area contributed by atoms with Crippen molar-refractivity contribution >= 4 is 0 Å². The molecule has 0 heterocycles. The average molecular weight is 193 g/mol. The maximum Gasteiger partial charge on any atom is 0.0167 e. The van der Waals surface area contributed by atoms with Crippen LogP contribution in [0.4, 0.5) is 0 Å². The first-order valence-corrected chi connectivity index (χ1v) is 6.18. The molecule has 0 radical (unpaired) electrons. The minimum Gasteiger partial charge on any atom is -0.310 e. The van der Waals surface area contributed by atoms with Crippen LogP contribution < -0.4 is 5.32 Å². The predicted octanol–water partition coefficient (Wildman–Crippen LogP) is 3.12. The van der Waals surface area contributed by atoms with Gasteiger partial charge in [0.05, 0.1) is 0 Å². The fourth-order valence-corrected chi connectivity index (χ4v) is 2.81. The standard InChI is InChI=1S/C13H23N/c1-10-7-8-13(11(10)2)14-9-12-5-3-4-6-12/h5,10-11,13-14H,3-4,6-9H2,1-2H3. The summed E-state index contributed by atoms with van der Waals surface area (Å²) in [6.45, 7) is 5.95. The Morgan fingerprint density at radius 3 is 2.79 bits per heavy atom. The van der Waals surface area contributed by atoms with Crippen molar-refractivity contribution in [2.45, 2.75) is 52.0 Å². The van der Waals surface area contributed by atoms with Crippen molar-refractivity contribution in [3.63, 3.8) is 0 Å². The second-order valence-corrected chi connectivity index (χ2v) is 5.16. The summed E-state index contributed by atoms with van der Waals surface area (Å²) in [5.41, 5.74) is 1.65. The van der Waals surface area contributed by atoms with Crippen LogP contribution in [0, 0.1) is 11.8 Å². The molecule has 0 aromatic carbocycles. The molecule has 80 valence electrons. The van der Waals surface area contributed by atoms with Gasteiger partial charge in [-0.3, -0.25) is 0 Å². The Kier molecular flexibility index (Phi) is 3.27. The fourth-order valence-electron chi connectivity index (χ4n) is 2.81. The van der Waals surface area contributed by atoms with E-state index in [2.05, 4.69) is 25.2 Å². The molecule has 2 aliphatic rings. The Hall–Kier alpha value is -0.300. The molecular weight excluding hydrogens is 170 g/mol. The summed E-state index contributed by atoms with van der Waals surface area (Å²) >= 11 is 0. The Morgan fingerprint density at radius 2 is 2.21 bits per heavy atom. The van der Waals surface area contributed by atoms with Crippen LogP contribution in [0.3, 0.4) is 0 Å². The average Bonchev–Trinajstić information content (AvgIpc) is 2.77. The third-order valence-electron chi connectivity index (χ3n) is 4.19. The molecule has 1 saturated carbocycles. The monoisotopic (exact) mass is 193 g/mol. The smallest absolute Gasteiger partial charge is 0.0167 e. The molecule has 1 nitrogen and oxygen atoms in total. The summed E-state index contributed by atoms with van der Waals surface area (Å²) in [6, 6.07) is 0.784. The van der Waals surface area contributed by atoms with Gasteiger partial charge >= 0.3 is 0 Å². The highest BCUT2D eigenvalue weighted by Crippen LogP contribution is 2.31. The SMILES string of the molecule is CC1CCC(NCC2=CCCC2)C1C. The molecule has 1 heteroatoms. The van der Waals surface area contributed by atoms with Crippen molar-refractivity contribution in [3.8, 4) is 0 Å². The molecule has 3 atom stereocenters. The predicted molar refractivity (Wildman–Crippen MR) is 61.3 cm³/mol. The van der Waals surface area contributed by atoms with Gasteiger partial charge in [-0.25, -0.2) is 0 Å². The first-order valence-electron chi connectivity index (χ1n) is 6.18. The lowest BCUT2D eigenvalue weighted by molar-refractivity contribution is 0.378. The third kappa shape index (κ3) is 2.20. The highest BCUT2D eigenvalue weighted by Gasteiger charge is 2.29. The molecule has 1 fully saturated rings.